The summed E-state index contributed by atoms with van der Waals surface area (Å²) in [6.07, 6.45) is 0.888. The van der Waals surface area contributed by atoms with E-state index >= 15 is 0 Å². The molecule has 4 atom stereocenters. The van der Waals surface area contributed by atoms with Crippen LogP contribution in [-0.2, 0) is 14.3 Å². The lowest BCUT2D eigenvalue weighted by molar-refractivity contribution is -0.138. The van der Waals surface area contributed by atoms with Crippen LogP contribution >= 0.6 is 0 Å². The van der Waals surface area contributed by atoms with Gasteiger partial charge in [0.15, 0.2) is 5.82 Å². The lowest BCUT2D eigenvalue weighted by Crippen LogP contribution is -2.56. The monoisotopic (exact) mass is 593 g/mol. The van der Waals surface area contributed by atoms with Gasteiger partial charge in [-0.15, -0.1) is 0 Å². The molecule has 3 aliphatic rings. The molecule has 1 aliphatic carbocycles. The molecule has 3 heterocycles. The number of fused-ring (bicyclic) bond motifs is 1. The molecular weight excluding hydrogens is 554 g/mol. The summed E-state index contributed by atoms with van der Waals surface area (Å²) in [6, 6.07) is 10.0. The predicted molar refractivity (Wildman–Crippen MR) is 157 cm³/mol. The molecule has 1 aromatic heterocycles. The molecule has 5 rings (SSSR count). The summed E-state index contributed by atoms with van der Waals surface area (Å²) in [5.41, 5.74) is 6.95. The molecule has 13 heteroatoms. The van der Waals surface area contributed by atoms with Crippen molar-refractivity contribution in [3.05, 3.63) is 42.1 Å². The normalized spacial score (nSPS) is 21.6. The van der Waals surface area contributed by atoms with Gasteiger partial charge in [0.1, 0.15) is 17.6 Å². The molecule has 0 spiro atoms. The van der Waals surface area contributed by atoms with Crippen molar-refractivity contribution >= 4 is 29.7 Å². The maximum absolute atomic E-state index is 13.6. The summed E-state index contributed by atoms with van der Waals surface area (Å²) < 4.78 is 5.27. The molecule has 2 saturated heterocycles. The van der Waals surface area contributed by atoms with Crippen LogP contribution in [0.15, 0.2) is 36.4 Å². The van der Waals surface area contributed by atoms with Gasteiger partial charge in [-0.1, -0.05) is 43.7 Å². The van der Waals surface area contributed by atoms with E-state index in [1.807, 2.05) is 37.3 Å². The summed E-state index contributed by atoms with van der Waals surface area (Å²) >= 11 is 0. The number of nitrogens with one attached hydrogen (secondary N) is 1. The van der Waals surface area contributed by atoms with Crippen LogP contribution in [0.25, 0.3) is 11.4 Å². The van der Waals surface area contributed by atoms with Crippen molar-refractivity contribution in [1.82, 2.24) is 25.1 Å². The smallest absolute Gasteiger partial charge is 0.409 e. The number of ether oxygens (including phenoxy) is 1. The van der Waals surface area contributed by atoms with Crippen molar-refractivity contribution in [3.8, 4) is 11.4 Å². The van der Waals surface area contributed by atoms with Crippen molar-refractivity contribution < 1.29 is 29.0 Å². The number of amides is 3. The molecule has 230 valence electrons. The number of anilines is 1. The molecule has 2 aliphatic heterocycles. The van der Waals surface area contributed by atoms with E-state index in [0.29, 0.717) is 30.1 Å². The van der Waals surface area contributed by atoms with Crippen molar-refractivity contribution in [2.45, 2.75) is 44.7 Å². The minimum absolute atomic E-state index is 0.0847. The van der Waals surface area contributed by atoms with Crippen LogP contribution in [-0.4, -0.2) is 107 Å². The number of aliphatic carboxylic acids is 1. The highest BCUT2D eigenvalue weighted by atomic mass is 16.6. The molecule has 3 fully saturated rings. The van der Waals surface area contributed by atoms with Gasteiger partial charge < -0.3 is 35.6 Å². The number of benzene rings is 1. The molecule has 1 unspecified atom stereocenters. The van der Waals surface area contributed by atoms with Gasteiger partial charge in [-0.3, -0.25) is 14.4 Å². The molecule has 13 nitrogen and oxygen atoms in total. The largest absolute Gasteiger partial charge is 0.481 e. The highest BCUT2D eigenvalue weighted by Gasteiger charge is 2.54. The fourth-order valence-corrected chi connectivity index (χ4v) is 5.67. The topological polar surface area (TPSA) is 171 Å². The first kappa shape index (κ1) is 30.2. The van der Waals surface area contributed by atoms with E-state index in [-0.39, 0.29) is 50.8 Å². The van der Waals surface area contributed by atoms with Gasteiger partial charge >= 0.3 is 12.1 Å². The molecular formula is C30H39N7O6. The zero-order chi connectivity index (χ0) is 30.5. The van der Waals surface area contributed by atoms with E-state index in [1.54, 1.807) is 15.9 Å². The van der Waals surface area contributed by atoms with Crippen LogP contribution in [0.2, 0.25) is 0 Å². The van der Waals surface area contributed by atoms with Gasteiger partial charge in [-0.2, -0.15) is 0 Å². The van der Waals surface area contributed by atoms with E-state index in [9.17, 15) is 24.3 Å². The first-order valence-electron chi connectivity index (χ1n) is 14.9. The first-order chi connectivity index (χ1) is 20.7. The number of aromatic nitrogens is 2. The second-order valence-corrected chi connectivity index (χ2v) is 11.3. The number of piperazine rings is 1. The number of nitrogens with zero attached hydrogens (tertiary/aromatic N) is 5. The minimum Gasteiger partial charge on any atom is -0.481 e. The highest BCUT2D eigenvalue weighted by Crippen LogP contribution is 2.45. The number of carbonyl (C=O) groups is 4. The Morgan fingerprint density at radius 1 is 1.05 bits per heavy atom. The lowest BCUT2D eigenvalue weighted by Gasteiger charge is -2.36. The Balaban J connectivity index is 1.30. The molecule has 0 radical (unpaired) electrons. The predicted octanol–water partition coefficient (Wildman–Crippen LogP) is 1.58. The molecule has 0 bridgehead atoms. The third-order valence-electron chi connectivity index (χ3n) is 8.38. The van der Waals surface area contributed by atoms with Gasteiger partial charge in [0, 0.05) is 63.4 Å². The quantitative estimate of drug-likeness (QED) is 0.325. The Hall–Kier alpha value is -4.26. The maximum atomic E-state index is 13.6. The Labute approximate surface area is 250 Å². The minimum atomic E-state index is -1.08. The number of rotatable bonds is 11. The number of hydrogen-bond acceptors (Lipinski definition) is 9. The van der Waals surface area contributed by atoms with E-state index < -0.39 is 29.9 Å². The third kappa shape index (κ3) is 7.22. The van der Waals surface area contributed by atoms with Crippen LogP contribution in [0.3, 0.4) is 0 Å². The summed E-state index contributed by atoms with van der Waals surface area (Å²) in [4.78, 5) is 65.3. The second-order valence-electron chi connectivity index (χ2n) is 11.3. The van der Waals surface area contributed by atoms with E-state index in [4.69, 9.17) is 15.5 Å². The average Bonchev–Trinajstić information content (AvgIpc) is 3.39. The van der Waals surface area contributed by atoms with Crippen LogP contribution in [0.1, 0.15) is 43.1 Å². The van der Waals surface area contributed by atoms with Crippen molar-refractivity contribution in [2.75, 3.05) is 50.8 Å². The summed E-state index contributed by atoms with van der Waals surface area (Å²) in [7, 11) is 0. The molecule has 3 amide bonds. The Morgan fingerprint density at radius 2 is 1.72 bits per heavy atom. The van der Waals surface area contributed by atoms with Crippen molar-refractivity contribution in [2.24, 2.45) is 17.6 Å². The molecule has 1 saturated carbocycles. The van der Waals surface area contributed by atoms with E-state index in [0.717, 1.165) is 31.5 Å². The number of carboxylic acid groups (broad SMARTS) is 1. The van der Waals surface area contributed by atoms with Gasteiger partial charge in [0.25, 0.3) is 5.91 Å². The third-order valence-corrected chi connectivity index (χ3v) is 8.38. The summed E-state index contributed by atoms with van der Waals surface area (Å²) in [5, 5.41) is 12.1. The van der Waals surface area contributed by atoms with Crippen LogP contribution in [0.4, 0.5) is 10.6 Å². The van der Waals surface area contributed by atoms with Crippen LogP contribution in [0.5, 0.6) is 0 Å². The lowest BCUT2D eigenvalue weighted by atomic mass is 10.1. The molecule has 43 heavy (non-hydrogen) atoms. The zero-order valence-corrected chi connectivity index (χ0v) is 24.4. The van der Waals surface area contributed by atoms with Crippen molar-refractivity contribution in [3.63, 3.8) is 0 Å². The Morgan fingerprint density at radius 3 is 2.37 bits per heavy atom. The Kier molecular flexibility index (Phi) is 9.39. The number of hydrogen-bond donors (Lipinski definition) is 3. The van der Waals surface area contributed by atoms with E-state index in [2.05, 4.69) is 15.2 Å². The first-order valence-corrected chi connectivity index (χ1v) is 14.9. The van der Waals surface area contributed by atoms with Gasteiger partial charge in [-0.05, 0) is 24.7 Å². The number of nitrogens with two attached hydrogens (primary N) is 1. The number of carboxylic acids is 1. The number of piperidine rings is 1. The summed E-state index contributed by atoms with van der Waals surface area (Å²) in [5.74, 6) is -0.276. The SMILES string of the molecule is CCCCOC(=O)N1CCN(C(=O)[C@H](CCC(=O)O)NC(=O)c2cc(N3CC4[C@@H](N)[C@@H]4C3)nc(-c3ccccc3)n2)CC1. The molecule has 2 aromatic rings. The van der Waals surface area contributed by atoms with E-state index in [1.165, 1.54) is 0 Å². The van der Waals surface area contributed by atoms with Gasteiger partial charge in [0.2, 0.25) is 5.91 Å². The number of carbonyl (C=O) groups excluding carboxylic acids is 3. The second kappa shape index (κ2) is 13.4. The maximum Gasteiger partial charge on any atom is 0.409 e. The zero-order valence-electron chi connectivity index (χ0n) is 24.4. The standard InChI is InChI=1S/C30H39N7O6/c1-2-3-15-43-30(42)36-13-11-35(12-14-36)29(41)22(9-10-25(38)39)33-28(40)23-16-24(37-17-20-21(18-37)26(20)31)34-27(32-23)19-7-5-4-6-8-19/h4-8,16,20-22,26H,2-3,9-15,17-18,31H2,1H3,(H,33,40)(H,38,39)/t20-,21?,22+,26+/m1/s1. The van der Waals surface area contributed by atoms with Gasteiger partial charge in [0.05, 0.1) is 6.61 Å². The number of unbranched alkanes of at least 4 members (excludes halogenated alkanes) is 1. The van der Waals surface area contributed by atoms with Crippen molar-refractivity contribution in [1.29, 1.82) is 0 Å². The fourth-order valence-electron chi connectivity index (χ4n) is 5.67. The summed E-state index contributed by atoms with van der Waals surface area (Å²) in [6.45, 7) is 4.91. The molecule has 4 N–H and O–H groups in total. The Bertz CT molecular complexity index is 1320. The molecule has 1 aromatic carbocycles. The average molecular weight is 594 g/mol. The van der Waals surface area contributed by atoms with Crippen LogP contribution in [0, 0.1) is 11.8 Å². The highest BCUT2D eigenvalue weighted by molar-refractivity contribution is 5.97. The van der Waals surface area contributed by atoms with Crippen LogP contribution < -0.4 is 16.0 Å². The van der Waals surface area contributed by atoms with Gasteiger partial charge in [-0.25, -0.2) is 14.8 Å². The fraction of sp³-hybridized carbons (Fsp3) is 0.533.